The van der Waals surface area contributed by atoms with Crippen LogP contribution in [0.15, 0.2) is 53.4 Å². The van der Waals surface area contributed by atoms with Crippen LogP contribution in [0.3, 0.4) is 0 Å². The van der Waals surface area contributed by atoms with Gasteiger partial charge in [-0.3, -0.25) is 0 Å². The zero-order valence-electron chi connectivity index (χ0n) is 25.2. The van der Waals surface area contributed by atoms with Crippen molar-refractivity contribution in [3.05, 3.63) is 54.1 Å². The summed E-state index contributed by atoms with van der Waals surface area (Å²) in [6, 6.07) is 14.0. The van der Waals surface area contributed by atoms with Crippen LogP contribution in [0, 0.1) is 5.41 Å². The minimum atomic E-state index is -4.46. The second kappa shape index (κ2) is 14.5. The summed E-state index contributed by atoms with van der Waals surface area (Å²) in [6.45, 7) is 5.49. The van der Waals surface area contributed by atoms with Crippen molar-refractivity contribution in [3.8, 4) is 5.75 Å². The van der Waals surface area contributed by atoms with Crippen LogP contribution in [-0.4, -0.2) is 58.4 Å². The number of hydrogen-bond donors (Lipinski definition) is 1. The Morgan fingerprint density at radius 1 is 1.07 bits per heavy atom. The molecule has 4 rings (SSSR count). The maximum Gasteiger partial charge on any atom is 0.425 e. The summed E-state index contributed by atoms with van der Waals surface area (Å²) in [5, 5.41) is 2.77. The molecule has 6 nitrogen and oxygen atoms in total. The number of carbonyl (C=O) groups is 1. The number of alkyl halides is 3. The number of halogens is 3. The number of piperidine rings is 1. The molecule has 43 heavy (non-hydrogen) atoms. The standard InChI is InChI=1S/C33H45F3N2O4S/c1-3-26(10-7-5-4-6-8-21-39)27-11-9-12-30(22-27)43(40,41)31-23-38(24-32(31)17-19-37-20-18-32)28-13-15-29(16-14-28)42-25(2)33(34,35)36/h9,11-16,21-22,25-26,31,37H,3-8,10,17-20,23-24H2,1-2H3. The minimum absolute atomic E-state index is 0.122. The van der Waals surface area contributed by atoms with E-state index in [0.717, 1.165) is 88.9 Å². The van der Waals surface area contributed by atoms with E-state index >= 15 is 0 Å². The molecule has 3 atom stereocenters. The van der Waals surface area contributed by atoms with E-state index in [-0.39, 0.29) is 11.7 Å². The zero-order valence-corrected chi connectivity index (χ0v) is 26.1. The van der Waals surface area contributed by atoms with Gasteiger partial charge in [-0.1, -0.05) is 38.3 Å². The van der Waals surface area contributed by atoms with Crippen LogP contribution < -0.4 is 15.0 Å². The van der Waals surface area contributed by atoms with Crippen LogP contribution in [-0.2, 0) is 14.6 Å². The molecule has 1 N–H and O–H groups in total. The summed E-state index contributed by atoms with van der Waals surface area (Å²) in [5.74, 6) is 0.395. The predicted molar refractivity (Wildman–Crippen MR) is 164 cm³/mol. The van der Waals surface area contributed by atoms with Gasteiger partial charge in [0, 0.05) is 30.6 Å². The van der Waals surface area contributed by atoms with E-state index < -0.39 is 32.8 Å². The lowest BCUT2D eigenvalue weighted by Gasteiger charge is -2.38. The van der Waals surface area contributed by atoms with Crippen molar-refractivity contribution in [1.82, 2.24) is 5.32 Å². The van der Waals surface area contributed by atoms with Gasteiger partial charge in [-0.25, -0.2) is 8.42 Å². The van der Waals surface area contributed by atoms with Crippen LogP contribution >= 0.6 is 0 Å². The van der Waals surface area contributed by atoms with E-state index in [4.69, 9.17) is 4.74 Å². The van der Waals surface area contributed by atoms with Crippen molar-refractivity contribution < 1.29 is 31.1 Å². The second-order valence-electron chi connectivity index (χ2n) is 12.2. The van der Waals surface area contributed by atoms with Crippen LogP contribution in [0.4, 0.5) is 18.9 Å². The molecule has 2 aromatic rings. The van der Waals surface area contributed by atoms with Crippen molar-refractivity contribution in [2.45, 2.75) is 100.0 Å². The highest BCUT2D eigenvalue weighted by Crippen LogP contribution is 2.46. The van der Waals surface area contributed by atoms with Gasteiger partial charge in [0.25, 0.3) is 0 Å². The molecule has 2 aliphatic rings. The number of hydrogen-bond acceptors (Lipinski definition) is 6. The first kappa shape index (κ1) is 33.3. The van der Waals surface area contributed by atoms with E-state index in [2.05, 4.69) is 17.1 Å². The maximum absolute atomic E-state index is 14.4. The van der Waals surface area contributed by atoms with Crippen molar-refractivity contribution >= 4 is 21.8 Å². The number of sulfone groups is 1. The fraction of sp³-hybridized carbons (Fsp3) is 0.606. The third kappa shape index (κ3) is 8.12. The molecule has 0 aromatic heterocycles. The number of aldehydes is 1. The van der Waals surface area contributed by atoms with Crippen molar-refractivity contribution in [3.63, 3.8) is 0 Å². The lowest BCUT2D eigenvalue weighted by molar-refractivity contribution is -0.189. The van der Waals surface area contributed by atoms with Gasteiger partial charge in [0.15, 0.2) is 15.9 Å². The molecule has 2 fully saturated rings. The first-order valence-electron chi connectivity index (χ1n) is 15.6. The van der Waals surface area contributed by atoms with Gasteiger partial charge in [-0.05, 0) is 100.0 Å². The Morgan fingerprint density at radius 3 is 2.42 bits per heavy atom. The number of nitrogens with zero attached hydrogens (tertiary/aromatic N) is 1. The molecule has 0 amide bonds. The second-order valence-corrected chi connectivity index (χ2v) is 14.3. The highest BCUT2D eigenvalue weighted by Gasteiger charge is 2.53. The topological polar surface area (TPSA) is 75.7 Å². The molecule has 0 saturated carbocycles. The number of rotatable bonds is 14. The molecule has 2 saturated heterocycles. The SMILES string of the molecule is CCC(CCCCCCC=O)c1cccc(S(=O)(=O)C2CN(c3ccc(OC(C)C(F)(F)F)cc3)CC23CCNCC3)c1. The third-order valence-electron chi connectivity index (χ3n) is 9.30. The lowest BCUT2D eigenvalue weighted by Crippen LogP contribution is -2.47. The molecule has 1 spiro atoms. The Hall–Kier alpha value is -2.59. The van der Waals surface area contributed by atoms with Gasteiger partial charge in [-0.2, -0.15) is 13.2 Å². The Bertz CT molecular complexity index is 1290. The lowest BCUT2D eigenvalue weighted by atomic mass is 9.78. The van der Waals surface area contributed by atoms with Gasteiger partial charge in [0.1, 0.15) is 12.0 Å². The molecular weight excluding hydrogens is 577 g/mol. The quantitative estimate of drug-likeness (QED) is 0.179. The van der Waals surface area contributed by atoms with Crippen molar-refractivity contribution in [2.24, 2.45) is 5.41 Å². The number of nitrogens with one attached hydrogen (secondary N) is 1. The predicted octanol–water partition coefficient (Wildman–Crippen LogP) is 7.08. The van der Waals surface area contributed by atoms with Gasteiger partial charge >= 0.3 is 6.18 Å². The average molecular weight is 623 g/mol. The van der Waals surface area contributed by atoms with Crippen molar-refractivity contribution in [2.75, 3.05) is 31.1 Å². The zero-order chi connectivity index (χ0) is 31.1. The fourth-order valence-corrected chi connectivity index (χ4v) is 8.91. The normalized spacial score (nSPS) is 20.2. The average Bonchev–Trinajstić information content (AvgIpc) is 3.36. The van der Waals surface area contributed by atoms with Crippen molar-refractivity contribution in [1.29, 1.82) is 0 Å². The number of carbonyl (C=O) groups excluding carboxylic acids is 1. The van der Waals surface area contributed by atoms with Crippen LogP contribution in [0.5, 0.6) is 5.75 Å². The maximum atomic E-state index is 14.4. The molecule has 0 aliphatic carbocycles. The smallest absolute Gasteiger partial charge is 0.425 e. The summed E-state index contributed by atoms with van der Waals surface area (Å²) in [7, 11) is -3.68. The number of benzene rings is 2. The van der Waals surface area contributed by atoms with Gasteiger partial charge in [-0.15, -0.1) is 0 Å². The number of ether oxygens (including phenoxy) is 1. The molecule has 2 aliphatic heterocycles. The van der Waals surface area contributed by atoms with E-state index in [1.165, 1.54) is 12.1 Å². The largest absolute Gasteiger partial charge is 0.481 e. The summed E-state index contributed by atoms with van der Waals surface area (Å²) in [4.78, 5) is 13.0. The minimum Gasteiger partial charge on any atom is -0.481 e. The number of unbranched alkanes of at least 4 members (excludes halogenated alkanes) is 4. The van der Waals surface area contributed by atoms with Gasteiger partial charge in [0.05, 0.1) is 10.1 Å². The van der Waals surface area contributed by atoms with E-state index in [9.17, 15) is 26.4 Å². The summed E-state index contributed by atoms with van der Waals surface area (Å²) >= 11 is 0. The van der Waals surface area contributed by atoms with Gasteiger partial charge in [0.2, 0.25) is 0 Å². The molecule has 2 aromatic carbocycles. The Kier molecular flexibility index (Phi) is 11.2. The first-order valence-corrected chi connectivity index (χ1v) is 17.1. The monoisotopic (exact) mass is 622 g/mol. The molecule has 0 radical (unpaired) electrons. The summed E-state index contributed by atoms with van der Waals surface area (Å²) in [6.07, 6.45) is 2.61. The molecule has 10 heteroatoms. The molecule has 3 unspecified atom stereocenters. The Balaban J connectivity index is 1.53. The summed E-state index contributed by atoms with van der Waals surface area (Å²) in [5.41, 5.74) is 1.40. The van der Waals surface area contributed by atoms with E-state index in [1.807, 2.05) is 18.2 Å². The summed E-state index contributed by atoms with van der Waals surface area (Å²) < 4.78 is 72.7. The van der Waals surface area contributed by atoms with Crippen LogP contribution in [0.1, 0.15) is 83.1 Å². The molecular formula is C33H45F3N2O4S. The first-order chi connectivity index (χ1) is 20.5. The highest BCUT2D eigenvalue weighted by molar-refractivity contribution is 7.92. The Labute approximate surface area is 254 Å². The molecule has 0 bridgehead atoms. The molecule has 238 valence electrons. The van der Waals surface area contributed by atoms with Crippen LogP contribution in [0.2, 0.25) is 0 Å². The van der Waals surface area contributed by atoms with E-state index in [0.29, 0.717) is 24.4 Å². The third-order valence-corrected chi connectivity index (χ3v) is 11.6. The highest BCUT2D eigenvalue weighted by atomic mass is 32.2. The number of anilines is 1. The van der Waals surface area contributed by atoms with Gasteiger partial charge < -0.3 is 19.7 Å². The molecule has 2 heterocycles. The van der Waals surface area contributed by atoms with Crippen LogP contribution in [0.25, 0.3) is 0 Å². The van der Waals surface area contributed by atoms with E-state index in [1.54, 1.807) is 18.2 Å². The Morgan fingerprint density at radius 2 is 1.77 bits per heavy atom. The fourth-order valence-electron chi connectivity index (χ4n) is 6.66.